The average Bonchev–Trinajstić information content (AvgIpc) is 2.33. The Hall–Kier alpha value is -1.65. The highest BCUT2D eigenvalue weighted by Gasteiger charge is 2.18. The van der Waals surface area contributed by atoms with E-state index >= 15 is 0 Å². The molecule has 0 fully saturated rings. The van der Waals surface area contributed by atoms with Crippen molar-refractivity contribution in [1.82, 2.24) is 9.97 Å². The molecule has 19 heavy (non-hydrogen) atoms. The van der Waals surface area contributed by atoms with Gasteiger partial charge in [-0.1, -0.05) is 33.6 Å². The predicted molar refractivity (Wildman–Crippen MR) is 75.4 cm³/mol. The van der Waals surface area contributed by atoms with Crippen LogP contribution in [0.25, 0.3) is 0 Å². The van der Waals surface area contributed by atoms with Crippen molar-refractivity contribution in [3.63, 3.8) is 0 Å². The fraction of sp³-hybridized carbons (Fsp3) is 0.643. The molecule has 1 aromatic rings. The number of carbonyl (C=O) groups is 1. The van der Waals surface area contributed by atoms with Crippen LogP contribution in [0.2, 0.25) is 0 Å². The molecule has 0 saturated heterocycles. The minimum atomic E-state index is -0.857. The van der Waals surface area contributed by atoms with Crippen LogP contribution < -0.4 is 5.32 Å². The van der Waals surface area contributed by atoms with Crippen LogP contribution in [0.5, 0.6) is 0 Å². The Morgan fingerprint density at radius 2 is 2.11 bits per heavy atom. The third kappa shape index (κ3) is 4.85. The number of carboxylic acid groups (broad SMARTS) is 1. The van der Waals surface area contributed by atoms with Crippen molar-refractivity contribution in [2.45, 2.75) is 58.9 Å². The minimum Gasteiger partial charge on any atom is -0.480 e. The van der Waals surface area contributed by atoms with E-state index in [1.54, 1.807) is 0 Å². The molecule has 0 bridgehead atoms. The second kappa shape index (κ2) is 7.07. The zero-order chi connectivity index (χ0) is 14.4. The molecule has 0 aliphatic heterocycles. The van der Waals surface area contributed by atoms with Gasteiger partial charge in [0.15, 0.2) is 0 Å². The Morgan fingerprint density at radius 1 is 1.42 bits per heavy atom. The van der Waals surface area contributed by atoms with E-state index in [0.717, 1.165) is 24.2 Å². The Labute approximate surface area is 114 Å². The average molecular weight is 265 g/mol. The lowest BCUT2D eigenvalue weighted by molar-refractivity contribution is -0.138. The molecule has 1 unspecified atom stereocenters. The van der Waals surface area contributed by atoms with Gasteiger partial charge in [0.2, 0.25) is 5.95 Å². The summed E-state index contributed by atoms with van der Waals surface area (Å²) in [6.07, 6.45) is 2.42. The van der Waals surface area contributed by atoms with Crippen LogP contribution in [-0.2, 0) is 4.79 Å². The molecule has 2 N–H and O–H groups in total. The molecule has 1 aromatic heterocycles. The number of aryl methyl sites for hydroxylation is 1. The smallest absolute Gasteiger partial charge is 0.326 e. The first-order valence-electron chi connectivity index (χ1n) is 6.79. The number of anilines is 1. The third-order valence-corrected chi connectivity index (χ3v) is 2.91. The van der Waals surface area contributed by atoms with Gasteiger partial charge in [-0.2, -0.15) is 0 Å². The minimum absolute atomic E-state index is 0.293. The molecule has 1 atom stereocenters. The monoisotopic (exact) mass is 265 g/mol. The van der Waals surface area contributed by atoms with Gasteiger partial charge < -0.3 is 10.4 Å². The first-order valence-corrected chi connectivity index (χ1v) is 6.79. The predicted octanol–water partition coefficient (Wildman–Crippen LogP) is 2.96. The summed E-state index contributed by atoms with van der Waals surface area (Å²) >= 11 is 0. The lowest BCUT2D eigenvalue weighted by Crippen LogP contribution is -2.30. The van der Waals surface area contributed by atoms with Gasteiger partial charge in [0.25, 0.3) is 0 Å². The number of rotatable bonds is 7. The van der Waals surface area contributed by atoms with Crippen molar-refractivity contribution >= 4 is 11.9 Å². The van der Waals surface area contributed by atoms with Crippen LogP contribution in [0.3, 0.4) is 0 Å². The third-order valence-electron chi connectivity index (χ3n) is 2.91. The molecule has 0 aliphatic carbocycles. The Bertz CT molecular complexity index is 433. The maximum absolute atomic E-state index is 11.2. The highest BCUT2D eigenvalue weighted by molar-refractivity contribution is 5.76. The normalized spacial score (nSPS) is 12.5. The van der Waals surface area contributed by atoms with Crippen molar-refractivity contribution in [2.75, 3.05) is 5.32 Å². The molecular formula is C14H23N3O2. The highest BCUT2D eigenvalue weighted by atomic mass is 16.4. The molecule has 1 heterocycles. The van der Waals surface area contributed by atoms with Gasteiger partial charge in [0.1, 0.15) is 6.04 Å². The van der Waals surface area contributed by atoms with Gasteiger partial charge in [-0.05, 0) is 25.3 Å². The Kier molecular flexibility index (Phi) is 5.73. The summed E-state index contributed by atoms with van der Waals surface area (Å²) in [5, 5.41) is 12.1. The molecule has 0 spiro atoms. The molecule has 5 nitrogen and oxygen atoms in total. The number of hydrogen-bond acceptors (Lipinski definition) is 4. The summed E-state index contributed by atoms with van der Waals surface area (Å²) < 4.78 is 0. The molecule has 0 radical (unpaired) electrons. The molecule has 0 amide bonds. The molecule has 0 saturated carbocycles. The van der Waals surface area contributed by atoms with E-state index in [2.05, 4.69) is 29.1 Å². The largest absolute Gasteiger partial charge is 0.480 e. The van der Waals surface area contributed by atoms with Gasteiger partial charge in [-0.15, -0.1) is 0 Å². The number of aliphatic carboxylic acids is 1. The molecule has 1 rings (SSSR count). The van der Waals surface area contributed by atoms with Crippen LogP contribution >= 0.6 is 0 Å². The maximum Gasteiger partial charge on any atom is 0.326 e. The highest BCUT2D eigenvalue weighted by Crippen LogP contribution is 2.15. The summed E-state index contributed by atoms with van der Waals surface area (Å²) in [6, 6.07) is 1.30. The summed E-state index contributed by atoms with van der Waals surface area (Å²) in [4.78, 5) is 19.8. The van der Waals surface area contributed by atoms with Crippen molar-refractivity contribution in [2.24, 2.45) is 0 Å². The Balaban J connectivity index is 2.86. The van der Waals surface area contributed by atoms with E-state index in [1.165, 1.54) is 0 Å². The van der Waals surface area contributed by atoms with Gasteiger partial charge in [0, 0.05) is 11.4 Å². The van der Waals surface area contributed by atoms with Crippen LogP contribution in [0, 0.1) is 6.92 Å². The number of hydrogen-bond donors (Lipinski definition) is 2. The standard InChI is InChI=1S/C14H23N3O2/c1-5-6-7-11(13(18)19)16-14-15-10(4)8-12(17-14)9(2)3/h8-9,11H,5-7H2,1-4H3,(H,18,19)(H,15,16,17). The number of aromatic nitrogens is 2. The molecule has 5 heteroatoms. The lowest BCUT2D eigenvalue weighted by atomic mass is 10.1. The summed E-state index contributed by atoms with van der Waals surface area (Å²) in [6.45, 7) is 8.04. The molecule has 106 valence electrons. The van der Waals surface area contributed by atoms with Crippen LogP contribution in [0.15, 0.2) is 6.07 Å². The fourth-order valence-electron chi connectivity index (χ4n) is 1.77. The van der Waals surface area contributed by atoms with Gasteiger partial charge in [0.05, 0.1) is 0 Å². The van der Waals surface area contributed by atoms with E-state index in [1.807, 2.05) is 19.9 Å². The SMILES string of the molecule is CCCCC(Nc1nc(C)cc(C(C)C)n1)C(=O)O. The summed E-state index contributed by atoms with van der Waals surface area (Å²) in [7, 11) is 0. The van der Waals surface area contributed by atoms with E-state index in [-0.39, 0.29) is 0 Å². The van der Waals surface area contributed by atoms with Crippen LogP contribution in [-0.4, -0.2) is 27.1 Å². The van der Waals surface area contributed by atoms with E-state index in [4.69, 9.17) is 0 Å². The molecule has 0 aliphatic rings. The topological polar surface area (TPSA) is 75.1 Å². The van der Waals surface area contributed by atoms with Gasteiger partial charge in [-0.25, -0.2) is 14.8 Å². The van der Waals surface area contributed by atoms with Gasteiger partial charge in [-0.3, -0.25) is 0 Å². The number of unbranched alkanes of at least 4 members (excludes halogenated alkanes) is 1. The zero-order valence-corrected chi connectivity index (χ0v) is 12.1. The maximum atomic E-state index is 11.2. The summed E-state index contributed by atoms with van der Waals surface area (Å²) in [5.74, 6) is -0.155. The molecular weight excluding hydrogens is 242 g/mol. The van der Waals surface area contributed by atoms with Crippen LogP contribution in [0.4, 0.5) is 5.95 Å². The summed E-state index contributed by atoms with van der Waals surface area (Å²) in [5.41, 5.74) is 1.77. The zero-order valence-electron chi connectivity index (χ0n) is 12.1. The Morgan fingerprint density at radius 3 is 2.63 bits per heavy atom. The first-order chi connectivity index (χ1) is 8.93. The van der Waals surface area contributed by atoms with Gasteiger partial charge >= 0.3 is 5.97 Å². The number of carboxylic acids is 1. The lowest BCUT2D eigenvalue weighted by Gasteiger charge is -2.15. The van der Waals surface area contributed by atoms with Crippen molar-refractivity contribution in [3.8, 4) is 0 Å². The number of nitrogens with one attached hydrogen (secondary N) is 1. The van der Waals surface area contributed by atoms with Crippen molar-refractivity contribution < 1.29 is 9.90 Å². The van der Waals surface area contributed by atoms with E-state index in [0.29, 0.717) is 18.3 Å². The molecule has 0 aromatic carbocycles. The quantitative estimate of drug-likeness (QED) is 0.792. The second-order valence-electron chi connectivity index (χ2n) is 5.09. The van der Waals surface area contributed by atoms with E-state index < -0.39 is 12.0 Å². The van der Waals surface area contributed by atoms with E-state index in [9.17, 15) is 9.90 Å². The second-order valence-corrected chi connectivity index (χ2v) is 5.09. The van der Waals surface area contributed by atoms with Crippen molar-refractivity contribution in [1.29, 1.82) is 0 Å². The van der Waals surface area contributed by atoms with Crippen LogP contribution in [0.1, 0.15) is 57.3 Å². The fourth-order valence-corrected chi connectivity index (χ4v) is 1.77. The first kappa shape index (κ1) is 15.4. The van der Waals surface area contributed by atoms with Crippen molar-refractivity contribution in [3.05, 3.63) is 17.5 Å². The number of nitrogens with zero attached hydrogens (tertiary/aromatic N) is 2.